The van der Waals surface area contributed by atoms with Gasteiger partial charge in [0, 0.05) is 21.9 Å². The van der Waals surface area contributed by atoms with Crippen LogP contribution in [0, 0.1) is 0 Å². The van der Waals surface area contributed by atoms with Crippen LogP contribution in [0.1, 0.15) is 30.6 Å². The summed E-state index contributed by atoms with van der Waals surface area (Å²) in [6.07, 6.45) is 4.92. The molecule has 0 radical (unpaired) electrons. The first-order valence-electron chi connectivity index (χ1n) is 5.91. The van der Waals surface area contributed by atoms with E-state index >= 15 is 0 Å². The molecule has 0 aliphatic heterocycles. The molecule has 3 nitrogen and oxygen atoms in total. The summed E-state index contributed by atoms with van der Waals surface area (Å²) >= 11 is 5.26. The summed E-state index contributed by atoms with van der Waals surface area (Å²) in [7, 11) is 0. The lowest BCUT2D eigenvalue weighted by atomic mass is 10.2. The minimum atomic E-state index is -0.232. The first-order chi connectivity index (χ1) is 8.16. The van der Waals surface area contributed by atoms with Gasteiger partial charge in [-0.3, -0.25) is 9.69 Å². The van der Waals surface area contributed by atoms with Crippen molar-refractivity contribution >= 4 is 33.2 Å². The molecule has 0 atom stereocenters. The second-order valence-electron chi connectivity index (χ2n) is 4.50. The summed E-state index contributed by atoms with van der Waals surface area (Å²) in [5, 5.41) is 2.07. The molecule has 0 bridgehead atoms. The van der Waals surface area contributed by atoms with Crippen molar-refractivity contribution in [1.82, 2.24) is 4.90 Å². The van der Waals surface area contributed by atoms with Crippen LogP contribution in [0.25, 0.3) is 0 Å². The molecule has 0 spiro atoms. The summed E-state index contributed by atoms with van der Waals surface area (Å²) in [4.78, 5) is 14.7. The zero-order valence-corrected chi connectivity index (χ0v) is 12.1. The van der Waals surface area contributed by atoms with Crippen molar-refractivity contribution in [3.8, 4) is 0 Å². The van der Waals surface area contributed by atoms with Crippen LogP contribution < -0.4 is 5.73 Å². The number of rotatable bonds is 5. The van der Waals surface area contributed by atoms with Gasteiger partial charge >= 0.3 is 0 Å². The number of nitrogens with zero attached hydrogens (tertiary/aromatic N) is 1. The van der Waals surface area contributed by atoms with Gasteiger partial charge in [-0.2, -0.15) is 0 Å². The molecule has 1 fully saturated rings. The number of nitrogens with two attached hydrogens (primary N) is 1. The van der Waals surface area contributed by atoms with Crippen LogP contribution in [0.2, 0.25) is 0 Å². The largest absolute Gasteiger partial charge is 0.369 e. The number of hydrogen-bond acceptors (Lipinski definition) is 3. The SMILES string of the molecule is NC(=O)CN(Cc1sccc1Br)C1CCCC1. The fourth-order valence-corrected chi connectivity index (χ4v) is 3.91. The van der Waals surface area contributed by atoms with E-state index in [2.05, 4.69) is 32.3 Å². The fraction of sp³-hybridized carbons (Fsp3) is 0.583. The van der Waals surface area contributed by atoms with Gasteiger partial charge in [-0.05, 0) is 40.2 Å². The molecule has 1 saturated carbocycles. The molecule has 0 aromatic carbocycles. The molecule has 1 aliphatic rings. The number of amides is 1. The summed E-state index contributed by atoms with van der Waals surface area (Å²) in [5.74, 6) is -0.232. The number of primary amides is 1. The van der Waals surface area contributed by atoms with Crippen molar-refractivity contribution in [2.24, 2.45) is 5.73 Å². The normalized spacial score (nSPS) is 16.8. The lowest BCUT2D eigenvalue weighted by Gasteiger charge is -2.27. The molecule has 1 aromatic heterocycles. The molecule has 1 aliphatic carbocycles. The molecule has 2 N–H and O–H groups in total. The topological polar surface area (TPSA) is 46.3 Å². The Kier molecular flexibility index (Phi) is 4.59. The Morgan fingerprint density at radius 3 is 2.76 bits per heavy atom. The van der Waals surface area contributed by atoms with Crippen molar-refractivity contribution in [1.29, 1.82) is 0 Å². The quantitative estimate of drug-likeness (QED) is 0.908. The Morgan fingerprint density at radius 1 is 1.53 bits per heavy atom. The first kappa shape index (κ1) is 13.1. The van der Waals surface area contributed by atoms with Crippen LogP contribution in [0.3, 0.4) is 0 Å². The predicted molar refractivity (Wildman–Crippen MR) is 73.9 cm³/mol. The van der Waals surface area contributed by atoms with Gasteiger partial charge in [0.25, 0.3) is 0 Å². The third kappa shape index (κ3) is 3.53. The van der Waals surface area contributed by atoms with Gasteiger partial charge in [0.05, 0.1) is 6.54 Å². The van der Waals surface area contributed by atoms with E-state index in [-0.39, 0.29) is 5.91 Å². The van der Waals surface area contributed by atoms with E-state index in [1.165, 1.54) is 30.6 Å². The fourth-order valence-electron chi connectivity index (χ4n) is 2.41. The average Bonchev–Trinajstić information content (AvgIpc) is 2.89. The van der Waals surface area contributed by atoms with E-state index in [9.17, 15) is 4.79 Å². The monoisotopic (exact) mass is 316 g/mol. The Balaban J connectivity index is 2.04. The van der Waals surface area contributed by atoms with Crippen LogP contribution in [0.4, 0.5) is 0 Å². The zero-order valence-electron chi connectivity index (χ0n) is 9.69. The molecule has 1 amide bonds. The van der Waals surface area contributed by atoms with E-state index in [1.807, 2.05) is 0 Å². The highest BCUT2D eigenvalue weighted by molar-refractivity contribution is 9.10. The maximum Gasteiger partial charge on any atom is 0.231 e. The molecule has 0 unspecified atom stereocenters. The van der Waals surface area contributed by atoms with Crippen molar-refractivity contribution in [3.05, 3.63) is 20.8 Å². The van der Waals surface area contributed by atoms with Gasteiger partial charge in [0.2, 0.25) is 5.91 Å². The van der Waals surface area contributed by atoms with Crippen LogP contribution in [0.15, 0.2) is 15.9 Å². The minimum Gasteiger partial charge on any atom is -0.369 e. The van der Waals surface area contributed by atoms with E-state index < -0.39 is 0 Å². The van der Waals surface area contributed by atoms with Crippen molar-refractivity contribution in [2.75, 3.05) is 6.54 Å². The summed E-state index contributed by atoms with van der Waals surface area (Å²) in [6, 6.07) is 2.58. The van der Waals surface area contributed by atoms with Crippen LogP contribution in [-0.2, 0) is 11.3 Å². The molecule has 17 heavy (non-hydrogen) atoms. The third-order valence-corrected chi connectivity index (χ3v) is 5.15. The molecule has 1 aromatic rings. The molecule has 1 heterocycles. The first-order valence-corrected chi connectivity index (χ1v) is 7.58. The molecule has 5 heteroatoms. The lowest BCUT2D eigenvalue weighted by molar-refractivity contribution is -0.119. The van der Waals surface area contributed by atoms with Gasteiger partial charge in [-0.25, -0.2) is 0 Å². The molecular formula is C12H17BrN2OS. The molecule has 2 rings (SSSR count). The van der Waals surface area contributed by atoms with Gasteiger partial charge in [0.1, 0.15) is 0 Å². The number of halogens is 1. The molecule has 94 valence electrons. The summed E-state index contributed by atoms with van der Waals surface area (Å²) < 4.78 is 1.13. The highest BCUT2D eigenvalue weighted by Crippen LogP contribution is 2.29. The smallest absolute Gasteiger partial charge is 0.231 e. The standard InChI is InChI=1S/C12H17BrN2OS/c13-10-5-6-17-11(10)7-15(8-12(14)16)9-3-1-2-4-9/h5-6,9H,1-4,7-8H2,(H2,14,16). The van der Waals surface area contributed by atoms with E-state index in [4.69, 9.17) is 5.73 Å². The lowest BCUT2D eigenvalue weighted by Crippen LogP contribution is -2.39. The molecule has 0 saturated heterocycles. The number of hydrogen-bond donors (Lipinski definition) is 1. The highest BCUT2D eigenvalue weighted by atomic mass is 79.9. The predicted octanol–water partition coefficient (Wildman–Crippen LogP) is 2.74. The number of carbonyl (C=O) groups is 1. The summed E-state index contributed by atoms with van der Waals surface area (Å²) in [6.45, 7) is 1.20. The van der Waals surface area contributed by atoms with E-state index in [1.54, 1.807) is 11.3 Å². The Hall–Kier alpha value is -0.390. The van der Waals surface area contributed by atoms with E-state index in [0.29, 0.717) is 12.6 Å². The van der Waals surface area contributed by atoms with E-state index in [0.717, 1.165) is 11.0 Å². The van der Waals surface area contributed by atoms with Gasteiger partial charge in [-0.1, -0.05) is 12.8 Å². The minimum absolute atomic E-state index is 0.232. The van der Waals surface area contributed by atoms with Gasteiger partial charge in [0.15, 0.2) is 0 Å². The maximum atomic E-state index is 11.2. The second-order valence-corrected chi connectivity index (χ2v) is 6.36. The average molecular weight is 317 g/mol. The Morgan fingerprint density at radius 2 is 2.24 bits per heavy atom. The third-order valence-electron chi connectivity index (χ3n) is 3.24. The highest BCUT2D eigenvalue weighted by Gasteiger charge is 2.24. The summed E-state index contributed by atoms with van der Waals surface area (Å²) in [5.41, 5.74) is 5.34. The van der Waals surface area contributed by atoms with Crippen LogP contribution >= 0.6 is 27.3 Å². The Bertz CT molecular complexity index is 388. The Labute approximate surface area is 114 Å². The molecular weight excluding hydrogens is 300 g/mol. The second kappa shape index (κ2) is 5.98. The van der Waals surface area contributed by atoms with Crippen molar-refractivity contribution in [2.45, 2.75) is 38.3 Å². The van der Waals surface area contributed by atoms with Gasteiger partial charge in [-0.15, -0.1) is 11.3 Å². The maximum absolute atomic E-state index is 11.2. The number of thiophene rings is 1. The number of carbonyl (C=O) groups excluding carboxylic acids is 1. The van der Waals surface area contributed by atoms with Gasteiger partial charge < -0.3 is 5.73 Å². The zero-order chi connectivity index (χ0) is 12.3. The van der Waals surface area contributed by atoms with Crippen molar-refractivity contribution < 1.29 is 4.79 Å². The van der Waals surface area contributed by atoms with Crippen LogP contribution in [0.5, 0.6) is 0 Å². The van der Waals surface area contributed by atoms with Crippen LogP contribution in [-0.4, -0.2) is 23.4 Å². The van der Waals surface area contributed by atoms with Crippen molar-refractivity contribution in [3.63, 3.8) is 0 Å².